The van der Waals surface area contributed by atoms with Crippen molar-refractivity contribution in [1.29, 1.82) is 0 Å². The van der Waals surface area contributed by atoms with E-state index in [0.717, 1.165) is 38.9 Å². The molecule has 0 bridgehead atoms. The van der Waals surface area contributed by atoms with E-state index in [1.807, 2.05) is 65.8 Å². The third kappa shape index (κ3) is 5.31. The number of carboxylic acid groups (broad SMARTS) is 1. The normalized spacial score (nSPS) is 14.0. The summed E-state index contributed by atoms with van der Waals surface area (Å²) in [4.78, 5) is 27.6. The van der Waals surface area contributed by atoms with Crippen LogP contribution in [0.4, 0.5) is 4.39 Å². The van der Waals surface area contributed by atoms with Crippen molar-refractivity contribution in [3.05, 3.63) is 91.2 Å². The van der Waals surface area contributed by atoms with E-state index in [0.29, 0.717) is 12.1 Å². The van der Waals surface area contributed by atoms with Crippen molar-refractivity contribution in [2.24, 2.45) is 0 Å². The zero-order valence-electron chi connectivity index (χ0n) is 22.2. The molecule has 8 heteroatoms. The lowest BCUT2D eigenvalue weighted by molar-refractivity contribution is -0.160. The van der Waals surface area contributed by atoms with Crippen LogP contribution in [0.5, 0.6) is 0 Å². The van der Waals surface area contributed by atoms with E-state index >= 15 is 0 Å². The van der Waals surface area contributed by atoms with Crippen molar-refractivity contribution in [3.8, 4) is 11.1 Å². The van der Waals surface area contributed by atoms with Crippen LogP contribution in [-0.2, 0) is 22.6 Å². The standard InChI is InChI=1S/C30H30Cl2FNO4/c1-15-7-9-18(10-8-15)24-16(2)20-13-34(28(35)19-11-22(31)26(33)23(32)12-19)14-21(20)17(3)25(24)27(29(36)37)38-30(4,5)6/h7-12,27H,13-14H2,1-6H3,(H,36,37)/t27-/m0/s1. The molecule has 0 aromatic heterocycles. The molecule has 1 aliphatic heterocycles. The third-order valence-corrected chi connectivity index (χ3v) is 7.38. The number of halogens is 3. The molecule has 3 aromatic rings. The molecule has 0 saturated heterocycles. The Morgan fingerprint density at radius 1 is 0.974 bits per heavy atom. The van der Waals surface area contributed by atoms with Gasteiger partial charge in [0.05, 0.1) is 15.6 Å². The van der Waals surface area contributed by atoms with Crippen LogP contribution in [0.1, 0.15) is 70.6 Å². The van der Waals surface area contributed by atoms with Crippen molar-refractivity contribution in [3.63, 3.8) is 0 Å². The lowest BCUT2D eigenvalue weighted by Crippen LogP contribution is -2.28. The Kier molecular flexibility index (Phi) is 7.63. The summed E-state index contributed by atoms with van der Waals surface area (Å²) in [5, 5.41) is 9.84. The number of carbonyl (C=O) groups is 2. The molecule has 200 valence electrons. The van der Waals surface area contributed by atoms with Gasteiger partial charge in [-0.15, -0.1) is 0 Å². The van der Waals surface area contributed by atoms with Gasteiger partial charge in [0.2, 0.25) is 0 Å². The first-order valence-electron chi connectivity index (χ1n) is 12.3. The number of hydrogen-bond acceptors (Lipinski definition) is 3. The molecular formula is C30H30Cl2FNO4. The molecule has 0 spiro atoms. The molecule has 1 aliphatic rings. The van der Waals surface area contributed by atoms with Crippen LogP contribution in [0, 0.1) is 26.6 Å². The molecule has 1 amide bonds. The Hall–Kier alpha value is -2.93. The average molecular weight is 558 g/mol. The number of benzene rings is 3. The van der Waals surface area contributed by atoms with Gasteiger partial charge in [0.25, 0.3) is 5.91 Å². The largest absolute Gasteiger partial charge is 0.479 e. The van der Waals surface area contributed by atoms with Gasteiger partial charge in [-0.05, 0) is 87.1 Å². The van der Waals surface area contributed by atoms with Crippen LogP contribution in [0.15, 0.2) is 36.4 Å². The first-order valence-corrected chi connectivity index (χ1v) is 13.0. The van der Waals surface area contributed by atoms with Crippen LogP contribution < -0.4 is 0 Å². The van der Waals surface area contributed by atoms with E-state index in [1.165, 1.54) is 12.1 Å². The zero-order valence-corrected chi connectivity index (χ0v) is 23.7. The minimum absolute atomic E-state index is 0.183. The Labute approximate surface area is 232 Å². The van der Waals surface area contributed by atoms with E-state index in [4.69, 9.17) is 27.9 Å². The number of fused-ring (bicyclic) bond motifs is 1. The first kappa shape index (κ1) is 28.1. The minimum atomic E-state index is -1.21. The van der Waals surface area contributed by atoms with Gasteiger partial charge in [-0.2, -0.15) is 0 Å². The van der Waals surface area contributed by atoms with Crippen molar-refractivity contribution >= 4 is 35.1 Å². The van der Waals surface area contributed by atoms with Gasteiger partial charge in [-0.1, -0.05) is 53.0 Å². The maximum atomic E-state index is 14.0. The number of ether oxygens (including phenoxy) is 1. The van der Waals surface area contributed by atoms with Crippen molar-refractivity contribution in [1.82, 2.24) is 4.90 Å². The second-order valence-electron chi connectivity index (χ2n) is 10.7. The summed E-state index contributed by atoms with van der Waals surface area (Å²) in [5.41, 5.74) is 6.29. The minimum Gasteiger partial charge on any atom is -0.479 e. The predicted octanol–water partition coefficient (Wildman–Crippen LogP) is 7.82. The highest BCUT2D eigenvalue weighted by Gasteiger charge is 2.36. The fraction of sp³-hybridized carbons (Fsp3) is 0.333. The molecule has 5 nitrogen and oxygen atoms in total. The summed E-state index contributed by atoms with van der Waals surface area (Å²) >= 11 is 11.9. The molecule has 38 heavy (non-hydrogen) atoms. The van der Waals surface area contributed by atoms with Crippen LogP contribution in [-0.4, -0.2) is 27.5 Å². The van der Waals surface area contributed by atoms with E-state index in [1.54, 1.807) is 4.90 Å². The summed E-state index contributed by atoms with van der Waals surface area (Å²) < 4.78 is 20.1. The molecule has 0 saturated carbocycles. The lowest BCUT2D eigenvalue weighted by Gasteiger charge is -2.29. The number of amides is 1. The first-order chi connectivity index (χ1) is 17.7. The highest BCUT2D eigenvalue weighted by molar-refractivity contribution is 6.35. The summed E-state index contributed by atoms with van der Waals surface area (Å²) in [6.45, 7) is 11.9. The van der Waals surface area contributed by atoms with Gasteiger partial charge in [0.15, 0.2) is 11.9 Å². The molecule has 0 radical (unpaired) electrons. The van der Waals surface area contributed by atoms with Crippen molar-refractivity contribution in [2.45, 2.75) is 66.3 Å². The van der Waals surface area contributed by atoms with Gasteiger partial charge in [0.1, 0.15) is 0 Å². The maximum absolute atomic E-state index is 14.0. The van der Waals surface area contributed by atoms with E-state index in [9.17, 15) is 19.1 Å². The monoisotopic (exact) mass is 557 g/mol. The molecule has 0 aliphatic carbocycles. The molecule has 4 rings (SSSR count). The second-order valence-corrected chi connectivity index (χ2v) is 11.5. The number of carboxylic acids is 1. The van der Waals surface area contributed by atoms with Crippen LogP contribution in [0.3, 0.4) is 0 Å². The van der Waals surface area contributed by atoms with Crippen LogP contribution in [0.25, 0.3) is 11.1 Å². The fourth-order valence-corrected chi connectivity index (χ4v) is 5.52. The topological polar surface area (TPSA) is 66.8 Å². The number of aryl methyl sites for hydroxylation is 1. The molecular weight excluding hydrogens is 528 g/mol. The van der Waals surface area contributed by atoms with Gasteiger partial charge in [-0.25, -0.2) is 9.18 Å². The van der Waals surface area contributed by atoms with Gasteiger partial charge < -0.3 is 14.7 Å². The average Bonchev–Trinajstić information content (AvgIpc) is 3.29. The van der Waals surface area contributed by atoms with Gasteiger partial charge in [-0.3, -0.25) is 4.79 Å². The van der Waals surface area contributed by atoms with Crippen molar-refractivity contribution in [2.75, 3.05) is 0 Å². The number of rotatable bonds is 5. The Morgan fingerprint density at radius 3 is 2.00 bits per heavy atom. The highest BCUT2D eigenvalue weighted by atomic mass is 35.5. The van der Waals surface area contributed by atoms with E-state index in [2.05, 4.69) is 0 Å². The van der Waals surface area contributed by atoms with Gasteiger partial charge >= 0.3 is 5.97 Å². The molecule has 1 atom stereocenters. The lowest BCUT2D eigenvalue weighted by atomic mass is 9.83. The number of nitrogens with zero attached hydrogens (tertiary/aromatic N) is 1. The Balaban J connectivity index is 1.88. The van der Waals surface area contributed by atoms with E-state index in [-0.39, 0.29) is 28.1 Å². The van der Waals surface area contributed by atoms with Crippen LogP contribution >= 0.6 is 23.2 Å². The number of carbonyl (C=O) groups excluding carboxylic acids is 1. The smallest absolute Gasteiger partial charge is 0.337 e. The Morgan fingerprint density at radius 2 is 1.50 bits per heavy atom. The highest BCUT2D eigenvalue weighted by Crippen LogP contribution is 2.44. The number of aliphatic carboxylic acids is 1. The summed E-state index contributed by atoms with van der Waals surface area (Å²) in [5.74, 6) is -2.20. The molecule has 0 unspecified atom stereocenters. The second kappa shape index (κ2) is 10.3. The SMILES string of the molecule is Cc1ccc(-c2c(C)c3c(c(C)c2[C@H](OC(C)(C)C)C(=O)O)CN(C(=O)c2cc(Cl)c(F)c(Cl)c2)C3)cc1. The summed E-state index contributed by atoms with van der Waals surface area (Å²) in [6, 6.07) is 10.5. The molecule has 1 heterocycles. The molecule has 1 N–H and O–H groups in total. The Bertz CT molecular complexity index is 1420. The third-order valence-electron chi connectivity index (χ3n) is 6.83. The fourth-order valence-electron chi connectivity index (χ4n) is 5.03. The molecule has 0 fully saturated rings. The predicted molar refractivity (Wildman–Crippen MR) is 147 cm³/mol. The van der Waals surface area contributed by atoms with Crippen molar-refractivity contribution < 1.29 is 23.8 Å². The molecule has 3 aromatic carbocycles. The number of hydrogen-bond donors (Lipinski definition) is 1. The van der Waals surface area contributed by atoms with E-state index < -0.39 is 23.5 Å². The summed E-state index contributed by atoms with van der Waals surface area (Å²) in [7, 11) is 0. The maximum Gasteiger partial charge on any atom is 0.337 e. The van der Waals surface area contributed by atoms with Crippen LogP contribution in [0.2, 0.25) is 10.0 Å². The summed E-state index contributed by atoms with van der Waals surface area (Å²) in [6.07, 6.45) is -1.21. The van der Waals surface area contributed by atoms with Gasteiger partial charge in [0, 0.05) is 24.2 Å². The quantitative estimate of drug-likeness (QED) is 0.324. The zero-order chi connectivity index (χ0) is 28.1.